The van der Waals surface area contributed by atoms with Crippen molar-refractivity contribution in [1.29, 1.82) is 0 Å². The van der Waals surface area contributed by atoms with Gasteiger partial charge in [0, 0.05) is 18.0 Å². The topological polar surface area (TPSA) is 121 Å². The molecule has 33 heavy (non-hydrogen) atoms. The zero-order chi connectivity index (χ0) is 23.4. The van der Waals surface area contributed by atoms with E-state index in [1.54, 1.807) is 12.1 Å². The minimum atomic E-state index is -4.12. The molecule has 0 fully saturated rings. The average molecular weight is 477 g/mol. The van der Waals surface area contributed by atoms with Gasteiger partial charge >= 0.3 is 0 Å². The van der Waals surface area contributed by atoms with Crippen LogP contribution in [0.25, 0.3) is 11.3 Å². The van der Waals surface area contributed by atoms with Gasteiger partial charge in [-0.1, -0.05) is 36.1 Å². The lowest BCUT2D eigenvalue weighted by Crippen LogP contribution is -2.05. The third-order valence-corrected chi connectivity index (χ3v) is 9.09. The van der Waals surface area contributed by atoms with Crippen LogP contribution in [0.5, 0.6) is 0 Å². The molecule has 3 heterocycles. The van der Waals surface area contributed by atoms with E-state index in [4.69, 9.17) is 0 Å². The fourth-order valence-electron chi connectivity index (χ4n) is 3.84. The maximum Gasteiger partial charge on any atom is 0.211 e. The third-order valence-electron chi connectivity index (χ3n) is 5.46. The van der Waals surface area contributed by atoms with Crippen molar-refractivity contribution in [2.75, 3.05) is 0 Å². The summed E-state index contributed by atoms with van der Waals surface area (Å²) in [5.74, 6) is -1.39. The molecule has 0 amide bonds. The molecule has 2 aromatic carbocycles. The smallest absolute Gasteiger partial charge is 0.211 e. The Morgan fingerprint density at radius 2 is 1.36 bits per heavy atom. The normalized spacial score (nSPS) is 19.6. The average Bonchev–Trinajstić information content (AvgIpc) is 3.13. The van der Waals surface area contributed by atoms with Gasteiger partial charge in [0.15, 0.2) is 0 Å². The number of rotatable bonds is 3. The van der Waals surface area contributed by atoms with Gasteiger partial charge in [0.05, 0.1) is 14.7 Å². The van der Waals surface area contributed by atoms with E-state index >= 15 is 0 Å². The highest BCUT2D eigenvalue weighted by atomic mass is 32.2. The monoisotopic (exact) mass is 476 g/mol. The number of benzene rings is 2. The number of hydrogen-bond donors (Lipinski definition) is 0. The molecule has 0 bridgehead atoms. The van der Waals surface area contributed by atoms with Gasteiger partial charge < -0.3 is 5.11 Å². The Morgan fingerprint density at radius 1 is 0.788 bits per heavy atom. The lowest BCUT2D eigenvalue weighted by atomic mass is 10.0. The highest BCUT2D eigenvalue weighted by Crippen LogP contribution is 2.40. The van der Waals surface area contributed by atoms with E-state index < -0.39 is 41.0 Å². The first kappa shape index (κ1) is 21.0. The number of hydrogen-bond acceptors (Lipinski definition) is 7. The van der Waals surface area contributed by atoms with Crippen molar-refractivity contribution in [3.05, 3.63) is 112 Å². The van der Waals surface area contributed by atoms with Crippen LogP contribution in [-0.4, -0.2) is 27.6 Å². The van der Waals surface area contributed by atoms with Crippen molar-refractivity contribution in [2.45, 2.75) is 9.79 Å². The van der Waals surface area contributed by atoms with Gasteiger partial charge in [-0.05, 0) is 59.2 Å². The minimum absolute atomic E-state index is 0.0439. The van der Waals surface area contributed by atoms with Crippen LogP contribution >= 0.6 is 0 Å². The summed E-state index contributed by atoms with van der Waals surface area (Å²) in [5, 5.41) is 12.9. The number of ketones is 1. The second kappa shape index (κ2) is 7.36. The lowest BCUT2D eigenvalue weighted by molar-refractivity contribution is -0.244. The number of pyridine rings is 1. The van der Waals surface area contributed by atoms with Gasteiger partial charge in [-0.2, -0.15) is 0 Å². The molecule has 0 saturated heterocycles. The number of sulfone groups is 2. The standard InChI is InChI=1S/C24H15NO6S2/c26-23-17-5-1-3-7-19(17)32(28,29)21(23)13-16(15-9-11-25-12-10-15)14-22-24(27)18-6-2-4-8-20(18)33(22,30)31/h1-14,26H/p-1. The largest absolute Gasteiger partial charge is 0.871 e. The number of Topliss-reactive ketones (excluding diaryl/α,β-unsaturated/α-hetero) is 1. The summed E-state index contributed by atoms with van der Waals surface area (Å²) in [6.45, 7) is 0. The molecule has 0 spiro atoms. The van der Waals surface area contributed by atoms with Gasteiger partial charge in [-0.25, -0.2) is 16.8 Å². The molecule has 0 radical (unpaired) electrons. The molecule has 9 heteroatoms. The molecule has 0 atom stereocenters. The quantitative estimate of drug-likeness (QED) is 0.533. The molecule has 0 N–H and O–H groups in total. The molecule has 5 rings (SSSR count). The number of carbonyl (C=O) groups is 1. The fourth-order valence-corrected chi connectivity index (χ4v) is 7.01. The van der Waals surface area contributed by atoms with E-state index in [1.165, 1.54) is 60.9 Å². The number of carbonyl (C=O) groups excluding carboxylic acids is 1. The number of aromatic nitrogens is 1. The summed E-state index contributed by atoms with van der Waals surface area (Å²) in [7, 11) is -8.23. The van der Waals surface area contributed by atoms with Crippen LogP contribution in [0.15, 0.2) is 105 Å². The van der Waals surface area contributed by atoms with Crippen molar-refractivity contribution >= 4 is 36.8 Å². The van der Waals surface area contributed by atoms with Crippen LogP contribution in [0.4, 0.5) is 0 Å². The summed E-state index contributed by atoms with van der Waals surface area (Å²) in [5.41, 5.74) is 0.560. The van der Waals surface area contributed by atoms with Gasteiger partial charge in [0.1, 0.15) is 4.91 Å². The summed E-state index contributed by atoms with van der Waals surface area (Å²) in [6.07, 6.45) is 5.11. The highest BCUT2D eigenvalue weighted by Gasteiger charge is 2.39. The van der Waals surface area contributed by atoms with Gasteiger partial charge in [0.25, 0.3) is 0 Å². The second-order valence-corrected chi connectivity index (χ2v) is 11.1. The van der Waals surface area contributed by atoms with Crippen molar-refractivity contribution in [1.82, 2.24) is 4.98 Å². The summed E-state index contributed by atoms with van der Waals surface area (Å²) in [6, 6.07) is 14.7. The molecule has 1 aromatic heterocycles. The van der Waals surface area contributed by atoms with Crippen molar-refractivity contribution in [3.63, 3.8) is 0 Å². The SMILES string of the molecule is O=C1C(=CC(=CC2=C([O-])c3ccccc3S2(=O)=O)c2ccncc2)S(=O)(=O)c2ccccc21. The van der Waals surface area contributed by atoms with Crippen LogP contribution in [0.1, 0.15) is 21.5 Å². The van der Waals surface area contributed by atoms with Crippen LogP contribution in [0, 0.1) is 0 Å². The second-order valence-electron chi connectivity index (χ2n) is 7.37. The number of fused-ring (bicyclic) bond motifs is 2. The van der Waals surface area contributed by atoms with E-state index in [2.05, 4.69) is 4.98 Å². The Morgan fingerprint density at radius 3 is 1.97 bits per heavy atom. The summed E-state index contributed by atoms with van der Waals surface area (Å²) >= 11 is 0. The molecule has 2 aliphatic heterocycles. The molecule has 0 unspecified atom stereocenters. The Kier molecular flexibility index (Phi) is 4.70. The summed E-state index contributed by atoms with van der Waals surface area (Å²) in [4.78, 5) is 15.6. The molecular weight excluding hydrogens is 462 g/mol. The molecular formula is C24H14NO6S2-. The van der Waals surface area contributed by atoms with Gasteiger partial charge in [-0.15, -0.1) is 0 Å². The van der Waals surface area contributed by atoms with Crippen LogP contribution < -0.4 is 5.11 Å². The van der Waals surface area contributed by atoms with E-state index in [0.29, 0.717) is 5.56 Å². The molecule has 7 nitrogen and oxygen atoms in total. The molecule has 2 aliphatic rings. The molecule has 0 aliphatic carbocycles. The fraction of sp³-hybridized carbons (Fsp3) is 0. The first-order valence-electron chi connectivity index (χ1n) is 9.71. The zero-order valence-corrected chi connectivity index (χ0v) is 18.4. The maximum absolute atomic E-state index is 13.0. The first-order chi connectivity index (χ1) is 15.7. The minimum Gasteiger partial charge on any atom is -0.871 e. The van der Waals surface area contributed by atoms with Crippen molar-refractivity contribution in [3.8, 4) is 0 Å². The molecule has 3 aromatic rings. The van der Waals surface area contributed by atoms with Gasteiger partial charge in [-0.3, -0.25) is 9.78 Å². The van der Waals surface area contributed by atoms with E-state index in [0.717, 1.165) is 12.2 Å². The lowest BCUT2D eigenvalue weighted by Gasteiger charge is -2.10. The Labute approximate surface area is 189 Å². The summed E-state index contributed by atoms with van der Waals surface area (Å²) < 4.78 is 52.2. The Bertz CT molecular complexity index is 1650. The van der Waals surface area contributed by atoms with E-state index in [9.17, 15) is 26.7 Å². The van der Waals surface area contributed by atoms with Gasteiger partial charge in [0.2, 0.25) is 25.5 Å². The zero-order valence-electron chi connectivity index (χ0n) is 16.8. The molecule has 164 valence electrons. The third kappa shape index (κ3) is 3.16. The Hall–Kier alpha value is -3.82. The van der Waals surface area contributed by atoms with E-state index in [1.807, 2.05) is 0 Å². The highest BCUT2D eigenvalue weighted by molar-refractivity contribution is 7.97. The number of nitrogens with zero attached hydrogens (tertiary/aromatic N) is 1. The maximum atomic E-state index is 13.0. The molecule has 0 saturated carbocycles. The predicted molar refractivity (Wildman–Crippen MR) is 119 cm³/mol. The van der Waals surface area contributed by atoms with Crippen LogP contribution in [0.2, 0.25) is 0 Å². The van der Waals surface area contributed by atoms with Crippen molar-refractivity contribution < 1.29 is 26.7 Å². The van der Waals surface area contributed by atoms with Crippen LogP contribution in [-0.2, 0) is 19.7 Å². The van der Waals surface area contributed by atoms with E-state index in [-0.39, 0.29) is 26.5 Å². The first-order valence-corrected chi connectivity index (χ1v) is 12.7. The van der Waals surface area contributed by atoms with Crippen LogP contribution in [0.3, 0.4) is 0 Å². The van der Waals surface area contributed by atoms with Crippen molar-refractivity contribution in [2.24, 2.45) is 0 Å². The Balaban J connectivity index is 1.75. The predicted octanol–water partition coefficient (Wildman–Crippen LogP) is 2.54. The number of allylic oxidation sites excluding steroid dienone is 4.